The van der Waals surface area contributed by atoms with E-state index in [-0.39, 0.29) is 0 Å². The molecule has 0 aliphatic heterocycles. The Balaban J connectivity index is 4.88. The number of hydrogen-bond donors (Lipinski definition) is 1. The predicted octanol–water partition coefficient (Wildman–Crippen LogP) is 3.20. The molecule has 0 amide bonds. The van der Waals surface area contributed by atoms with E-state index in [1.54, 1.807) is 13.7 Å². The van der Waals surface area contributed by atoms with Gasteiger partial charge in [0.1, 0.15) is 0 Å². The Morgan fingerprint density at radius 1 is 0.545 bits per heavy atom. The van der Waals surface area contributed by atoms with E-state index in [9.17, 15) is 4.80 Å². The first-order valence-electron chi connectivity index (χ1n) is 7.47. The van der Waals surface area contributed by atoms with E-state index in [2.05, 4.69) is 19.6 Å². The maximum absolute atomic E-state index is 10.6. The van der Waals surface area contributed by atoms with Gasteiger partial charge in [0.2, 0.25) is 0 Å². The van der Waals surface area contributed by atoms with Crippen LogP contribution in [0.1, 0.15) is 0 Å². The molecule has 0 fully saturated rings. The predicted molar refractivity (Wildman–Crippen MR) is 101 cm³/mol. The van der Waals surface area contributed by atoms with Gasteiger partial charge < -0.3 is 25.7 Å². The standard InChI is InChI=1S/C11H34O6Si5/c1-13-19(5,6)15-21(9,10)17-22(11,12)16-20(7,8)14-18(2,3)4/h12H,1-11H3. The van der Waals surface area contributed by atoms with Crippen molar-refractivity contribution in [2.24, 2.45) is 0 Å². The Morgan fingerprint density at radius 3 is 1.23 bits per heavy atom. The van der Waals surface area contributed by atoms with Crippen LogP contribution in [0.3, 0.4) is 0 Å². The maximum atomic E-state index is 10.6. The minimum atomic E-state index is -3.32. The van der Waals surface area contributed by atoms with Gasteiger partial charge in [0.15, 0.2) is 8.32 Å². The molecule has 0 rings (SSSR count). The van der Waals surface area contributed by atoms with Gasteiger partial charge in [-0.05, 0) is 58.9 Å². The maximum Gasteiger partial charge on any atom is 0.477 e. The molecule has 0 saturated carbocycles. The van der Waals surface area contributed by atoms with Crippen molar-refractivity contribution in [1.29, 1.82) is 0 Å². The lowest BCUT2D eigenvalue weighted by molar-refractivity contribution is 0.199. The summed E-state index contributed by atoms with van der Waals surface area (Å²) in [7, 11) is -10.6. The molecule has 0 aliphatic carbocycles. The Morgan fingerprint density at radius 2 is 0.909 bits per heavy atom. The zero-order valence-electron chi connectivity index (χ0n) is 16.0. The third-order valence-corrected chi connectivity index (χ3v) is 18.7. The summed E-state index contributed by atoms with van der Waals surface area (Å²) in [5, 5.41) is 0. The first-order chi connectivity index (χ1) is 9.39. The van der Waals surface area contributed by atoms with Gasteiger partial charge in [-0.2, -0.15) is 0 Å². The Bertz CT molecular complexity index is 366. The van der Waals surface area contributed by atoms with Crippen LogP contribution in [-0.4, -0.2) is 54.7 Å². The molecule has 1 unspecified atom stereocenters. The van der Waals surface area contributed by atoms with E-state index in [0.29, 0.717) is 0 Å². The molecule has 11 heteroatoms. The highest BCUT2D eigenvalue weighted by atomic mass is 28.5. The summed E-state index contributed by atoms with van der Waals surface area (Å²) in [6.45, 7) is 19.6. The average molecular weight is 403 g/mol. The monoisotopic (exact) mass is 402 g/mol. The molecule has 0 saturated heterocycles. The van der Waals surface area contributed by atoms with Crippen LogP contribution in [0.25, 0.3) is 0 Å². The lowest BCUT2D eigenvalue weighted by Crippen LogP contribution is -2.60. The van der Waals surface area contributed by atoms with Crippen molar-refractivity contribution in [3.8, 4) is 0 Å². The Hall–Kier alpha value is 0.844. The van der Waals surface area contributed by atoms with Crippen molar-refractivity contribution in [2.45, 2.75) is 65.5 Å². The van der Waals surface area contributed by atoms with Crippen molar-refractivity contribution in [2.75, 3.05) is 7.11 Å². The minimum absolute atomic E-state index is 1.63. The minimum Gasteiger partial charge on any atom is -0.437 e. The summed E-state index contributed by atoms with van der Waals surface area (Å²) in [6.07, 6.45) is 0. The molecule has 0 aromatic rings. The zero-order chi connectivity index (χ0) is 18.0. The van der Waals surface area contributed by atoms with Crippen molar-refractivity contribution in [3.05, 3.63) is 0 Å². The van der Waals surface area contributed by atoms with E-state index in [1.165, 1.54) is 0 Å². The van der Waals surface area contributed by atoms with E-state index >= 15 is 0 Å². The highest BCUT2D eigenvalue weighted by Crippen LogP contribution is 2.24. The highest BCUT2D eigenvalue weighted by molar-refractivity contribution is 6.88. The summed E-state index contributed by atoms with van der Waals surface area (Å²) >= 11 is 0. The molecule has 22 heavy (non-hydrogen) atoms. The van der Waals surface area contributed by atoms with Crippen LogP contribution in [0.5, 0.6) is 0 Å². The van der Waals surface area contributed by atoms with Gasteiger partial charge in [-0.15, -0.1) is 0 Å². The molecule has 0 bridgehead atoms. The summed E-state index contributed by atoms with van der Waals surface area (Å²) in [5.74, 6) is 0. The first kappa shape index (κ1) is 22.8. The second-order valence-electron chi connectivity index (χ2n) is 7.82. The summed E-state index contributed by atoms with van der Waals surface area (Å²) in [6, 6.07) is 0. The van der Waals surface area contributed by atoms with Gasteiger partial charge in [-0.25, -0.2) is 0 Å². The van der Waals surface area contributed by atoms with Gasteiger partial charge in [0.05, 0.1) is 0 Å². The van der Waals surface area contributed by atoms with E-state index in [4.69, 9.17) is 20.9 Å². The molecule has 6 nitrogen and oxygen atoms in total. The molecular weight excluding hydrogens is 369 g/mol. The normalized spacial score (nSPS) is 17.5. The van der Waals surface area contributed by atoms with Gasteiger partial charge in [0, 0.05) is 13.7 Å². The van der Waals surface area contributed by atoms with Crippen LogP contribution in [0.15, 0.2) is 0 Å². The molecule has 134 valence electrons. The molecule has 0 aliphatic rings. The fourth-order valence-electron chi connectivity index (χ4n) is 2.35. The van der Waals surface area contributed by atoms with Crippen molar-refractivity contribution >= 4 is 42.8 Å². The fraction of sp³-hybridized carbons (Fsp3) is 1.00. The van der Waals surface area contributed by atoms with Gasteiger partial charge in [-0.3, -0.25) is 0 Å². The number of hydrogen-bond acceptors (Lipinski definition) is 6. The highest BCUT2D eigenvalue weighted by Gasteiger charge is 2.48. The van der Waals surface area contributed by atoms with Gasteiger partial charge >= 0.3 is 34.5 Å². The summed E-state index contributed by atoms with van der Waals surface area (Å²) in [4.78, 5) is 10.6. The van der Waals surface area contributed by atoms with Crippen LogP contribution in [0, 0.1) is 0 Å². The largest absolute Gasteiger partial charge is 0.477 e. The van der Waals surface area contributed by atoms with E-state index in [1.807, 2.05) is 39.3 Å². The Labute approximate surface area is 141 Å². The van der Waals surface area contributed by atoms with Crippen molar-refractivity contribution < 1.29 is 25.7 Å². The first-order valence-corrected chi connectivity index (χ1v) is 21.6. The van der Waals surface area contributed by atoms with Crippen LogP contribution >= 0.6 is 0 Å². The van der Waals surface area contributed by atoms with Gasteiger partial charge in [0.25, 0.3) is 0 Å². The lowest BCUT2D eigenvalue weighted by Gasteiger charge is -2.39. The quantitative estimate of drug-likeness (QED) is 0.597. The fourth-order valence-corrected chi connectivity index (χ4v) is 22.2. The van der Waals surface area contributed by atoms with E-state index in [0.717, 1.165) is 0 Å². The molecule has 1 atom stereocenters. The van der Waals surface area contributed by atoms with Crippen LogP contribution in [0.4, 0.5) is 0 Å². The lowest BCUT2D eigenvalue weighted by atomic mass is 11.8. The van der Waals surface area contributed by atoms with Crippen molar-refractivity contribution in [3.63, 3.8) is 0 Å². The van der Waals surface area contributed by atoms with Gasteiger partial charge in [-0.1, -0.05) is 0 Å². The second kappa shape index (κ2) is 7.39. The smallest absolute Gasteiger partial charge is 0.437 e. The molecular formula is C11H34O6Si5. The average Bonchev–Trinajstić information content (AvgIpc) is 2.06. The molecule has 0 spiro atoms. The third-order valence-electron chi connectivity index (χ3n) is 2.41. The zero-order valence-corrected chi connectivity index (χ0v) is 21.0. The van der Waals surface area contributed by atoms with Crippen molar-refractivity contribution in [1.82, 2.24) is 0 Å². The van der Waals surface area contributed by atoms with Crippen LogP contribution < -0.4 is 0 Å². The molecule has 0 heterocycles. The summed E-state index contributed by atoms with van der Waals surface area (Å²) in [5.41, 5.74) is 0. The molecule has 0 aromatic carbocycles. The molecule has 1 N–H and O–H groups in total. The number of rotatable bonds is 9. The summed E-state index contributed by atoms with van der Waals surface area (Å²) < 4.78 is 29.4. The topological polar surface area (TPSA) is 66.4 Å². The second-order valence-corrected chi connectivity index (χ2v) is 25.9. The van der Waals surface area contributed by atoms with E-state index < -0.39 is 42.8 Å². The SMILES string of the molecule is CO[Si](C)(C)O[Si](C)(C)O[Si](C)(O)O[Si](C)(C)O[Si](C)(C)C. The van der Waals surface area contributed by atoms with Crippen LogP contribution in [0.2, 0.25) is 65.5 Å². The molecule has 0 aromatic heterocycles. The van der Waals surface area contributed by atoms with Crippen LogP contribution in [-0.2, 0) is 20.9 Å². The Kier molecular flexibility index (Phi) is 7.67. The molecule has 0 radical (unpaired) electrons. The third kappa shape index (κ3) is 10.6.